The largest absolute Gasteiger partial charge is 0.395 e. The number of aliphatic hydroxyl groups is 1. The Morgan fingerprint density at radius 3 is 3.00 bits per heavy atom. The fourth-order valence-corrected chi connectivity index (χ4v) is 2.56. The van der Waals surface area contributed by atoms with Gasteiger partial charge in [0, 0.05) is 31.4 Å². The Kier molecular flexibility index (Phi) is 3.54. The van der Waals surface area contributed by atoms with Crippen LogP contribution in [0.3, 0.4) is 0 Å². The molecule has 0 saturated heterocycles. The van der Waals surface area contributed by atoms with Crippen LogP contribution in [0.25, 0.3) is 5.65 Å². The van der Waals surface area contributed by atoms with Crippen molar-refractivity contribution in [3.05, 3.63) is 46.0 Å². The molecule has 5 nitrogen and oxygen atoms in total. The van der Waals surface area contributed by atoms with Gasteiger partial charge in [-0.25, -0.2) is 4.98 Å². The van der Waals surface area contributed by atoms with Crippen molar-refractivity contribution in [2.45, 2.75) is 32.4 Å². The zero-order chi connectivity index (χ0) is 14.1. The molecule has 106 valence electrons. The monoisotopic (exact) mass is 273 g/mol. The van der Waals surface area contributed by atoms with E-state index in [1.165, 1.54) is 12.8 Å². The smallest absolute Gasteiger partial charge is 0.258 e. The van der Waals surface area contributed by atoms with Gasteiger partial charge < -0.3 is 5.11 Å². The molecule has 1 aliphatic rings. The zero-order valence-electron chi connectivity index (χ0n) is 11.6. The molecule has 0 aliphatic heterocycles. The van der Waals surface area contributed by atoms with Crippen molar-refractivity contribution in [1.29, 1.82) is 0 Å². The van der Waals surface area contributed by atoms with Gasteiger partial charge in [-0.2, -0.15) is 0 Å². The predicted molar refractivity (Wildman–Crippen MR) is 76.7 cm³/mol. The van der Waals surface area contributed by atoms with Crippen LogP contribution in [0.5, 0.6) is 0 Å². The van der Waals surface area contributed by atoms with Gasteiger partial charge >= 0.3 is 0 Å². The van der Waals surface area contributed by atoms with Crippen LogP contribution in [0.15, 0.2) is 29.2 Å². The molecule has 1 N–H and O–H groups in total. The number of aliphatic hydroxyl groups excluding tert-OH is 1. The van der Waals surface area contributed by atoms with Crippen LogP contribution < -0.4 is 5.56 Å². The average molecular weight is 273 g/mol. The first-order chi connectivity index (χ1) is 9.69. The fourth-order valence-electron chi connectivity index (χ4n) is 2.56. The SMILES string of the molecule is Cc1cccn2c(=O)cc(CN(CCO)C3CC3)nc12. The predicted octanol–water partition coefficient (Wildman–Crippen LogP) is 0.960. The summed E-state index contributed by atoms with van der Waals surface area (Å²) in [6, 6.07) is 5.95. The van der Waals surface area contributed by atoms with Gasteiger partial charge in [0.2, 0.25) is 0 Å². The van der Waals surface area contributed by atoms with Crippen LogP contribution in [0, 0.1) is 6.92 Å². The van der Waals surface area contributed by atoms with Crippen LogP contribution >= 0.6 is 0 Å². The summed E-state index contributed by atoms with van der Waals surface area (Å²) in [6.45, 7) is 3.37. The number of hydrogen-bond donors (Lipinski definition) is 1. The van der Waals surface area contributed by atoms with Crippen molar-refractivity contribution in [1.82, 2.24) is 14.3 Å². The second-order valence-electron chi connectivity index (χ2n) is 5.40. The Bertz CT molecular complexity index is 676. The Morgan fingerprint density at radius 2 is 2.30 bits per heavy atom. The standard InChI is InChI=1S/C15H19N3O2/c1-11-3-2-6-18-14(20)9-12(16-15(11)18)10-17(7-8-19)13-4-5-13/h2-3,6,9,13,19H,4-5,7-8,10H2,1H3. The molecular formula is C15H19N3O2. The molecule has 0 aromatic carbocycles. The van der Waals surface area contributed by atoms with Gasteiger partial charge in [0.15, 0.2) is 0 Å². The van der Waals surface area contributed by atoms with Crippen LogP contribution in [-0.2, 0) is 6.54 Å². The summed E-state index contributed by atoms with van der Waals surface area (Å²) in [4.78, 5) is 18.9. The Labute approximate surface area is 117 Å². The van der Waals surface area contributed by atoms with Gasteiger partial charge in [-0.1, -0.05) is 6.07 Å². The van der Waals surface area contributed by atoms with Gasteiger partial charge in [0.25, 0.3) is 5.56 Å². The highest BCUT2D eigenvalue weighted by Crippen LogP contribution is 2.27. The number of aromatic nitrogens is 2. The lowest BCUT2D eigenvalue weighted by Gasteiger charge is -2.20. The van der Waals surface area contributed by atoms with Crippen LogP contribution in [0.4, 0.5) is 0 Å². The Hall–Kier alpha value is -1.72. The van der Waals surface area contributed by atoms with E-state index < -0.39 is 0 Å². The van der Waals surface area contributed by atoms with Crippen molar-refractivity contribution >= 4 is 5.65 Å². The van der Waals surface area contributed by atoms with Gasteiger partial charge in [0.1, 0.15) is 5.65 Å². The molecule has 3 rings (SSSR count). The molecule has 1 aliphatic carbocycles. The molecular weight excluding hydrogens is 254 g/mol. The van der Waals surface area contributed by atoms with E-state index in [0.717, 1.165) is 16.9 Å². The average Bonchev–Trinajstić information content (AvgIpc) is 3.24. The number of fused-ring (bicyclic) bond motifs is 1. The van der Waals surface area contributed by atoms with E-state index in [1.807, 2.05) is 19.1 Å². The highest BCUT2D eigenvalue weighted by atomic mass is 16.3. The van der Waals surface area contributed by atoms with Gasteiger partial charge in [-0.15, -0.1) is 0 Å². The molecule has 0 bridgehead atoms. The third kappa shape index (κ3) is 2.59. The van der Waals surface area contributed by atoms with Crippen LogP contribution in [0.2, 0.25) is 0 Å². The molecule has 0 atom stereocenters. The second kappa shape index (κ2) is 5.34. The highest BCUT2D eigenvalue weighted by Gasteiger charge is 2.28. The van der Waals surface area contributed by atoms with E-state index in [9.17, 15) is 4.79 Å². The van der Waals surface area contributed by atoms with Crippen LogP contribution in [-0.4, -0.2) is 38.6 Å². The van der Waals surface area contributed by atoms with E-state index in [-0.39, 0.29) is 12.2 Å². The fraction of sp³-hybridized carbons (Fsp3) is 0.467. The number of pyridine rings is 1. The highest BCUT2D eigenvalue weighted by molar-refractivity contribution is 5.46. The molecule has 2 aromatic heterocycles. The number of rotatable bonds is 5. The quantitative estimate of drug-likeness (QED) is 0.881. The third-order valence-corrected chi connectivity index (χ3v) is 3.75. The van der Waals surface area contributed by atoms with E-state index in [0.29, 0.717) is 19.1 Å². The molecule has 0 amide bonds. The summed E-state index contributed by atoms with van der Waals surface area (Å²) in [7, 11) is 0. The maximum atomic E-state index is 12.1. The first kappa shape index (κ1) is 13.3. The second-order valence-corrected chi connectivity index (χ2v) is 5.40. The van der Waals surface area contributed by atoms with Gasteiger partial charge in [-0.05, 0) is 31.4 Å². The normalized spacial score (nSPS) is 15.2. The summed E-state index contributed by atoms with van der Waals surface area (Å²) in [6.07, 6.45) is 4.09. The van der Waals surface area contributed by atoms with Crippen molar-refractivity contribution in [2.24, 2.45) is 0 Å². The first-order valence-corrected chi connectivity index (χ1v) is 7.02. The molecule has 1 saturated carbocycles. The summed E-state index contributed by atoms with van der Waals surface area (Å²) < 4.78 is 1.58. The van der Waals surface area contributed by atoms with Gasteiger partial charge in [0.05, 0.1) is 12.3 Å². The molecule has 0 radical (unpaired) electrons. The minimum absolute atomic E-state index is 0.0477. The maximum absolute atomic E-state index is 12.1. The van der Waals surface area contributed by atoms with Crippen molar-refractivity contribution in [3.63, 3.8) is 0 Å². The lowest BCUT2D eigenvalue weighted by Crippen LogP contribution is -2.30. The number of nitrogens with zero attached hydrogens (tertiary/aromatic N) is 3. The van der Waals surface area contributed by atoms with E-state index >= 15 is 0 Å². The van der Waals surface area contributed by atoms with E-state index in [4.69, 9.17) is 5.11 Å². The summed E-state index contributed by atoms with van der Waals surface area (Å²) in [5.74, 6) is 0. The summed E-state index contributed by atoms with van der Waals surface area (Å²) in [5.41, 5.74) is 2.44. The topological polar surface area (TPSA) is 57.8 Å². The zero-order valence-corrected chi connectivity index (χ0v) is 11.6. The summed E-state index contributed by atoms with van der Waals surface area (Å²) >= 11 is 0. The lowest BCUT2D eigenvalue weighted by molar-refractivity contribution is 0.182. The minimum Gasteiger partial charge on any atom is -0.395 e. The first-order valence-electron chi connectivity index (χ1n) is 7.02. The number of aryl methyl sites for hydroxylation is 1. The van der Waals surface area contributed by atoms with Crippen molar-refractivity contribution in [2.75, 3.05) is 13.2 Å². The lowest BCUT2D eigenvalue weighted by atomic mass is 10.2. The maximum Gasteiger partial charge on any atom is 0.258 e. The minimum atomic E-state index is -0.0477. The summed E-state index contributed by atoms with van der Waals surface area (Å²) in [5, 5.41) is 9.13. The molecule has 20 heavy (non-hydrogen) atoms. The van der Waals surface area contributed by atoms with Crippen molar-refractivity contribution < 1.29 is 5.11 Å². The van der Waals surface area contributed by atoms with Gasteiger partial charge in [-0.3, -0.25) is 14.1 Å². The molecule has 2 heterocycles. The molecule has 1 fully saturated rings. The Balaban J connectivity index is 1.95. The Morgan fingerprint density at radius 1 is 1.50 bits per heavy atom. The molecule has 5 heteroatoms. The van der Waals surface area contributed by atoms with E-state index in [1.54, 1.807) is 16.7 Å². The molecule has 0 unspecified atom stereocenters. The van der Waals surface area contributed by atoms with E-state index in [2.05, 4.69) is 9.88 Å². The van der Waals surface area contributed by atoms with Crippen LogP contribution in [0.1, 0.15) is 24.1 Å². The molecule has 0 spiro atoms. The third-order valence-electron chi connectivity index (χ3n) is 3.75. The number of hydrogen-bond acceptors (Lipinski definition) is 4. The molecule has 2 aromatic rings. The van der Waals surface area contributed by atoms with Crippen molar-refractivity contribution in [3.8, 4) is 0 Å².